The van der Waals surface area contributed by atoms with E-state index in [9.17, 15) is 4.39 Å². The summed E-state index contributed by atoms with van der Waals surface area (Å²) in [4.78, 5) is 0. The zero-order valence-corrected chi connectivity index (χ0v) is 14.9. The highest BCUT2D eigenvalue weighted by molar-refractivity contribution is 6.73. The van der Waals surface area contributed by atoms with Crippen LogP contribution in [0.15, 0.2) is 24.2 Å². The van der Waals surface area contributed by atoms with Gasteiger partial charge < -0.3 is 9.16 Å². The summed E-state index contributed by atoms with van der Waals surface area (Å²) in [5.74, 6) is 0.600. The van der Waals surface area contributed by atoms with Crippen molar-refractivity contribution < 1.29 is 13.6 Å². The predicted octanol–water partition coefficient (Wildman–Crippen LogP) is 5.72. The van der Waals surface area contributed by atoms with E-state index in [2.05, 4.69) is 27.4 Å². The van der Waals surface area contributed by atoms with Gasteiger partial charge in [0.15, 0.2) is 0 Å². The molecule has 2 nitrogen and oxygen atoms in total. The SMILES string of the molecule is C=CCOC1CCCC(O[Si](CC)(CC)CC)=C(F)CC1. The molecule has 0 saturated carbocycles. The molecule has 0 N–H and O–H groups in total. The van der Waals surface area contributed by atoms with Crippen molar-refractivity contribution in [1.82, 2.24) is 0 Å². The third kappa shape index (κ3) is 5.59. The van der Waals surface area contributed by atoms with Crippen molar-refractivity contribution in [3.8, 4) is 0 Å². The Morgan fingerprint density at radius 3 is 2.43 bits per heavy atom. The number of halogens is 1. The van der Waals surface area contributed by atoms with Gasteiger partial charge in [-0.05, 0) is 37.4 Å². The van der Waals surface area contributed by atoms with Gasteiger partial charge >= 0.3 is 0 Å². The summed E-state index contributed by atoms with van der Waals surface area (Å²) in [6.07, 6.45) is 5.72. The van der Waals surface area contributed by atoms with E-state index >= 15 is 0 Å². The largest absolute Gasteiger partial charge is 0.545 e. The van der Waals surface area contributed by atoms with E-state index < -0.39 is 8.32 Å². The van der Waals surface area contributed by atoms with Gasteiger partial charge in [0, 0.05) is 12.8 Å². The molecule has 1 aliphatic rings. The normalized spacial score (nSPS) is 20.9. The molecular formula is C17H31FO2Si. The average Bonchev–Trinajstić information content (AvgIpc) is 2.51. The molecule has 1 rings (SSSR count). The summed E-state index contributed by atoms with van der Waals surface area (Å²) in [6.45, 7) is 10.8. The lowest BCUT2D eigenvalue weighted by Gasteiger charge is -2.32. The van der Waals surface area contributed by atoms with Crippen LogP contribution < -0.4 is 0 Å². The minimum Gasteiger partial charge on any atom is -0.545 e. The van der Waals surface area contributed by atoms with E-state index in [4.69, 9.17) is 9.16 Å². The van der Waals surface area contributed by atoms with Crippen molar-refractivity contribution in [3.05, 3.63) is 24.2 Å². The topological polar surface area (TPSA) is 18.5 Å². The molecule has 0 spiro atoms. The molecule has 122 valence electrons. The van der Waals surface area contributed by atoms with Gasteiger partial charge in [-0.15, -0.1) is 6.58 Å². The van der Waals surface area contributed by atoms with Gasteiger partial charge in [-0.2, -0.15) is 0 Å². The van der Waals surface area contributed by atoms with Gasteiger partial charge in [0.05, 0.1) is 12.7 Å². The van der Waals surface area contributed by atoms with Crippen LogP contribution in [-0.4, -0.2) is 21.0 Å². The fourth-order valence-corrected chi connectivity index (χ4v) is 5.57. The fraction of sp³-hybridized carbons (Fsp3) is 0.765. The van der Waals surface area contributed by atoms with E-state index in [0.29, 0.717) is 25.2 Å². The van der Waals surface area contributed by atoms with Gasteiger partial charge in [-0.25, -0.2) is 4.39 Å². The van der Waals surface area contributed by atoms with Crippen LogP contribution in [0, 0.1) is 0 Å². The van der Waals surface area contributed by atoms with Crippen molar-refractivity contribution in [2.45, 2.75) is 77.1 Å². The van der Waals surface area contributed by atoms with Crippen LogP contribution in [0.4, 0.5) is 4.39 Å². The summed E-state index contributed by atoms with van der Waals surface area (Å²) in [7, 11) is -1.77. The summed E-state index contributed by atoms with van der Waals surface area (Å²) in [6, 6.07) is 3.17. The van der Waals surface area contributed by atoms with Crippen LogP contribution in [-0.2, 0) is 9.16 Å². The zero-order chi connectivity index (χ0) is 15.7. The molecule has 1 atom stereocenters. The van der Waals surface area contributed by atoms with E-state index in [1.165, 1.54) is 0 Å². The second-order valence-electron chi connectivity index (χ2n) is 5.85. The van der Waals surface area contributed by atoms with Crippen molar-refractivity contribution >= 4 is 8.32 Å². The van der Waals surface area contributed by atoms with Crippen molar-refractivity contribution in [3.63, 3.8) is 0 Å². The summed E-state index contributed by atoms with van der Waals surface area (Å²) >= 11 is 0. The molecule has 0 aromatic carbocycles. The summed E-state index contributed by atoms with van der Waals surface area (Å²) in [5, 5.41) is 0. The Hall–Kier alpha value is -0.613. The third-order valence-corrected chi connectivity index (χ3v) is 9.19. The minimum atomic E-state index is -1.77. The number of hydrogen-bond acceptors (Lipinski definition) is 2. The highest BCUT2D eigenvalue weighted by atomic mass is 28.4. The lowest BCUT2D eigenvalue weighted by atomic mass is 10.0. The summed E-state index contributed by atoms with van der Waals surface area (Å²) < 4.78 is 26.4. The first-order valence-electron chi connectivity index (χ1n) is 8.39. The van der Waals surface area contributed by atoms with E-state index in [0.717, 1.165) is 37.4 Å². The number of allylic oxidation sites excluding steroid dienone is 2. The average molecular weight is 315 g/mol. The first kappa shape index (κ1) is 18.4. The number of ether oxygens (including phenoxy) is 1. The molecule has 0 fully saturated rings. The highest BCUT2D eigenvalue weighted by Gasteiger charge is 2.32. The van der Waals surface area contributed by atoms with E-state index in [1.54, 1.807) is 6.08 Å². The Morgan fingerprint density at radius 2 is 1.86 bits per heavy atom. The fourth-order valence-electron chi connectivity index (χ4n) is 2.90. The monoisotopic (exact) mass is 314 g/mol. The van der Waals surface area contributed by atoms with Gasteiger partial charge in [0.1, 0.15) is 11.6 Å². The highest BCUT2D eigenvalue weighted by Crippen LogP contribution is 2.32. The van der Waals surface area contributed by atoms with Crippen molar-refractivity contribution in [2.24, 2.45) is 0 Å². The molecule has 21 heavy (non-hydrogen) atoms. The third-order valence-electron chi connectivity index (χ3n) is 4.64. The Balaban J connectivity index is 2.70. The maximum absolute atomic E-state index is 14.4. The first-order valence-corrected chi connectivity index (χ1v) is 10.9. The second kappa shape index (κ2) is 9.41. The van der Waals surface area contributed by atoms with Crippen LogP contribution in [0.5, 0.6) is 0 Å². The van der Waals surface area contributed by atoms with Crippen LogP contribution in [0.3, 0.4) is 0 Å². The standard InChI is InChI=1S/C17H31FO2Si/c1-5-14-19-15-10-9-11-17(16(18)13-12-15)20-21(6-2,7-3)8-4/h5,15H,1,6-14H2,2-4H3. The Bertz CT molecular complexity index is 342. The molecule has 0 aromatic rings. The van der Waals surface area contributed by atoms with Gasteiger partial charge in [-0.1, -0.05) is 26.8 Å². The van der Waals surface area contributed by atoms with Gasteiger partial charge in [0.25, 0.3) is 0 Å². The Labute approximate surface area is 130 Å². The molecule has 0 aliphatic heterocycles. The van der Waals surface area contributed by atoms with Crippen LogP contribution in [0.1, 0.15) is 52.9 Å². The Morgan fingerprint density at radius 1 is 1.19 bits per heavy atom. The van der Waals surface area contributed by atoms with Gasteiger partial charge in [0.2, 0.25) is 8.32 Å². The maximum Gasteiger partial charge on any atom is 0.250 e. The molecule has 4 heteroatoms. The molecule has 0 amide bonds. The molecule has 0 saturated heterocycles. The minimum absolute atomic E-state index is 0.0471. The van der Waals surface area contributed by atoms with Gasteiger partial charge in [-0.3, -0.25) is 0 Å². The number of hydrogen-bond donors (Lipinski definition) is 0. The maximum atomic E-state index is 14.4. The first-order chi connectivity index (χ1) is 10.1. The molecule has 0 radical (unpaired) electrons. The molecule has 0 bridgehead atoms. The van der Waals surface area contributed by atoms with Crippen LogP contribution >= 0.6 is 0 Å². The van der Waals surface area contributed by atoms with Crippen molar-refractivity contribution in [2.75, 3.05) is 6.61 Å². The molecule has 1 unspecified atom stereocenters. The van der Waals surface area contributed by atoms with Crippen LogP contribution in [0.25, 0.3) is 0 Å². The quantitative estimate of drug-likeness (QED) is 0.421. The van der Waals surface area contributed by atoms with E-state index in [-0.39, 0.29) is 11.9 Å². The van der Waals surface area contributed by atoms with E-state index in [1.807, 2.05) is 0 Å². The number of rotatable bonds is 8. The molecular weight excluding hydrogens is 283 g/mol. The smallest absolute Gasteiger partial charge is 0.250 e. The molecule has 0 aromatic heterocycles. The zero-order valence-electron chi connectivity index (χ0n) is 13.9. The molecule has 1 aliphatic carbocycles. The second-order valence-corrected chi connectivity index (χ2v) is 10.5. The lowest BCUT2D eigenvalue weighted by Crippen LogP contribution is -2.35. The lowest BCUT2D eigenvalue weighted by molar-refractivity contribution is 0.0564. The Kier molecular flexibility index (Phi) is 8.26. The molecule has 0 heterocycles. The van der Waals surface area contributed by atoms with Crippen molar-refractivity contribution in [1.29, 1.82) is 0 Å². The van der Waals surface area contributed by atoms with Crippen LogP contribution in [0.2, 0.25) is 18.1 Å². The summed E-state index contributed by atoms with van der Waals surface area (Å²) in [5.41, 5.74) is 0. The predicted molar refractivity (Wildman–Crippen MR) is 89.4 cm³/mol.